The zero-order chi connectivity index (χ0) is 13.8. The van der Waals surface area contributed by atoms with Crippen LogP contribution in [0.15, 0.2) is 17.4 Å². The van der Waals surface area contributed by atoms with Crippen molar-refractivity contribution in [1.29, 1.82) is 0 Å². The lowest BCUT2D eigenvalue weighted by Gasteiger charge is -2.32. The second kappa shape index (κ2) is 6.08. The highest BCUT2D eigenvalue weighted by atomic mass is 35.5. The highest BCUT2D eigenvalue weighted by Crippen LogP contribution is 2.29. The third-order valence-corrected chi connectivity index (χ3v) is 3.70. The van der Waals surface area contributed by atoms with E-state index in [4.69, 9.17) is 27.3 Å². The third-order valence-electron chi connectivity index (χ3n) is 3.33. The van der Waals surface area contributed by atoms with Crippen LogP contribution in [0.1, 0.15) is 18.4 Å². The Hall–Kier alpha value is -1.53. The monoisotopic (exact) mass is 284 g/mol. The van der Waals surface area contributed by atoms with Crippen LogP contribution >= 0.6 is 11.6 Å². The first-order valence-electron chi connectivity index (χ1n) is 6.08. The number of nitrogens with two attached hydrogens (primary N) is 1. The van der Waals surface area contributed by atoms with E-state index in [1.807, 2.05) is 11.9 Å². The van der Waals surface area contributed by atoms with Gasteiger partial charge in [-0.05, 0) is 18.9 Å². The molecule has 1 aromatic rings. The lowest BCUT2D eigenvalue weighted by atomic mass is 10.1. The molecule has 2 rings (SSSR count). The summed E-state index contributed by atoms with van der Waals surface area (Å²) in [5.74, 6) is 0.617. The van der Waals surface area contributed by atoms with Gasteiger partial charge in [0.2, 0.25) is 0 Å². The Morgan fingerprint density at radius 1 is 1.58 bits per heavy atom. The van der Waals surface area contributed by atoms with Crippen LogP contribution in [0.4, 0.5) is 5.82 Å². The second-order valence-electron chi connectivity index (χ2n) is 4.44. The lowest BCUT2D eigenvalue weighted by molar-refractivity contribution is 0.0853. The summed E-state index contributed by atoms with van der Waals surface area (Å²) in [5.41, 5.74) is 6.07. The number of amidine groups is 1. The lowest BCUT2D eigenvalue weighted by Crippen LogP contribution is -2.37. The van der Waals surface area contributed by atoms with E-state index in [-0.39, 0.29) is 5.84 Å². The number of pyridine rings is 1. The Balaban J connectivity index is 2.29. The van der Waals surface area contributed by atoms with Gasteiger partial charge < -0.3 is 20.6 Å². The molecule has 3 N–H and O–H groups in total. The van der Waals surface area contributed by atoms with Crippen molar-refractivity contribution >= 4 is 23.3 Å². The predicted molar refractivity (Wildman–Crippen MR) is 74.0 cm³/mol. The van der Waals surface area contributed by atoms with Crippen LogP contribution < -0.4 is 10.6 Å². The van der Waals surface area contributed by atoms with E-state index >= 15 is 0 Å². The standard InChI is InChI=1S/C12H17ClN4O2/c1-17(8-3-6-19-7-4-8)12-10(13)9(2-5-15-12)11(14)16-18/h2,5,8,18H,3-4,6-7H2,1H3,(H2,14,16). The minimum Gasteiger partial charge on any atom is -0.409 e. The van der Waals surface area contributed by atoms with Gasteiger partial charge in [0.15, 0.2) is 5.84 Å². The predicted octanol–water partition coefficient (Wildman–Crippen LogP) is 1.44. The molecule has 0 unspecified atom stereocenters. The molecule has 2 heterocycles. The molecule has 0 spiro atoms. The van der Waals surface area contributed by atoms with Crippen LogP contribution in [0.3, 0.4) is 0 Å². The largest absolute Gasteiger partial charge is 0.409 e. The van der Waals surface area contributed by atoms with Gasteiger partial charge in [0.25, 0.3) is 0 Å². The summed E-state index contributed by atoms with van der Waals surface area (Å²) in [5, 5.41) is 12.1. The maximum atomic E-state index is 8.74. The highest BCUT2D eigenvalue weighted by Gasteiger charge is 2.22. The van der Waals surface area contributed by atoms with Crippen LogP contribution in [0, 0.1) is 0 Å². The average Bonchev–Trinajstić information content (AvgIpc) is 2.47. The Bertz CT molecular complexity index is 475. The first-order chi connectivity index (χ1) is 9.15. The summed E-state index contributed by atoms with van der Waals surface area (Å²) in [6.45, 7) is 1.49. The van der Waals surface area contributed by atoms with Gasteiger partial charge in [-0.25, -0.2) is 4.98 Å². The van der Waals surface area contributed by atoms with Crippen molar-refractivity contribution in [1.82, 2.24) is 4.98 Å². The van der Waals surface area contributed by atoms with Crippen LogP contribution in [0.25, 0.3) is 0 Å². The Morgan fingerprint density at radius 3 is 2.89 bits per heavy atom. The molecule has 0 aliphatic carbocycles. The van der Waals surface area contributed by atoms with E-state index in [1.54, 1.807) is 12.3 Å². The summed E-state index contributed by atoms with van der Waals surface area (Å²) in [7, 11) is 1.94. The number of hydrogen-bond acceptors (Lipinski definition) is 5. The summed E-state index contributed by atoms with van der Waals surface area (Å²) in [4.78, 5) is 6.32. The van der Waals surface area contributed by atoms with Gasteiger partial charge in [-0.1, -0.05) is 16.8 Å². The van der Waals surface area contributed by atoms with Crippen molar-refractivity contribution in [3.8, 4) is 0 Å². The minimum absolute atomic E-state index is 0.0194. The Morgan fingerprint density at radius 2 is 2.26 bits per heavy atom. The normalized spacial score (nSPS) is 17.5. The number of rotatable bonds is 3. The van der Waals surface area contributed by atoms with Gasteiger partial charge in [0.05, 0.1) is 5.02 Å². The number of aromatic nitrogens is 1. The second-order valence-corrected chi connectivity index (χ2v) is 4.81. The van der Waals surface area contributed by atoms with Crippen molar-refractivity contribution in [3.05, 3.63) is 22.8 Å². The van der Waals surface area contributed by atoms with Gasteiger partial charge in [0, 0.05) is 38.1 Å². The third kappa shape index (κ3) is 2.90. The Kier molecular flexibility index (Phi) is 4.44. The molecular weight excluding hydrogens is 268 g/mol. The van der Waals surface area contributed by atoms with Gasteiger partial charge in [0.1, 0.15) is 5.82 Å². The molecule has 0 atom stereocenters. The smallest absolute Gasteiger partial charge is 0.171 e. The number of halogens is 1. The highest BCUT2D eigenvalue weighted by molar-refractivity contribution is 6.36. The maximum absolute atomic E-state index is 8.74. The van der Waals surface area contributed by atoms with E-state index in [9.17, 15) is 0 Å². The molecule has 0 saturated carbocycles. The fraction of sp³-hybridized carbons (Fsp3) is 0.500. The molecular formula is C12H17ClN4O2. The van der Waals surface area contributed by atoms with Crippen LogP contribution in [0.5, 0.6) is 0 Å². The summed E-state index contributed by atoms with van der Waals surface area (Å²) < 4.78 is 5.34. The number of oxime groups is 1. The fourth-order valence-corrected chi connectivity index (χ4v) is 2.52. The number of hydrogen-bond donors (Lipinski definition) is 2. The molecule has 0 amide bonds. The van der Waals surface area contributed by atoms with Crippen molar-refractivity contribution in [3.63, 3.8) is 0 Å². The van der Waals surface area contributed by atoms with Gasteiger partial charge >= 0.3 is 0 Å². The summed E-state index contributed by atoms with van der Waals surface area (Å²) in [6.07, 6.45) is 3.47. The van der Waals surface area contributed by atoms with Crippen molar-refractivity contribution in [2.75, 3.05) is 25.2 Å². The van der Waals surface area contributed by atoms with E-state index in [0.29, 0.717) is 22.4 Å². The molecule has 1 aliphatic heterocycles. The van der Waals surface area contributed by atoms with Crippen LogP contribution in [-0.2, 0) is 4.74 Å². The van der Waals surface area contributed by atoms with Gasteiger partial charge in [-0.15, -0.1) is 0 Å². The van der Waals surface area contributed by atoms with Gasteiger partial charge in [-0.3, -0.25) is 0 Å². The maximum Gasteiger partial charge on any atom is 0.171 e. The topological polar surface area (TPSA) is 84.0 Å². The average molecular weight is 285 g/mol. The van der Waals surface area contributed by atoms with Crippen molar-refractivity contribution in [2.24, 2.45) is 10.9 Å². The molecule has 1 aromatic heterocycles. The zero-order valence-corrected chi connectivity index (χ0v) is 11.5. The summed E-state index contributed by atoms with van der Waals surface area (Å²) >= 11 is 6.29. The molecule has 1 saturated heterocycles. The van der Waals surface area contributed by atoms with Gasteiger partial charge in [-0.2, -0.15) is 0 Å². The summed E-state index contributed by atoms with van der Waals surface area (Å²) in [6, 6.07) is 1.96. The van der Waals surface area contributed by atoms with Crippen molar-refractivity contribution < 1.29 is 9.94 Å². The van der Waals surface area contributed by atoms with Crippen LogP contribution in [-0.4, -0.2) is 42.3 Å². The van der Waals surface area contributed by atoms with E-state index in [2.05, 4.69) is 10.1 Å². The molecule has 7 heteroatoms. The van der Waals surface area contributed by atoms with Crippen LogP contribution in [0.2, 0.25) is 5.02 Å². The molecule has 6 nitrogen and oxygen atoms in total. The Labute approximate surface area is 116 Å². The molecule has 19 heavy (non-hydrogen) atoms. The molecule has 0 radical (unpaired) electrons. The SMILES string of the molecule is CN(c1nccc(/C(N)=N/O)c1Cl)C1CCOCC1. The fourth-order valence-electron chi connectivity index (χ4n) is 2.18. The molecule has 104 valence electrons. The number of ether oxygens (including phenoxy) is 1. The van der Waals surface area contributed by atoms with Crippen molar-refractivity contribution in [2.45, 2.75) is 18.9 Å². The minimum atomic E-state index is -0.0194. The number of nitrogens with zero attached hydrogens (tertiary/aromatic N) is 3. The zero-order valence-electron chi connectivity index (χ0n) is 10.7. The molecule has 1 aliphatic rings. The molecule has 0 aromatic carbocycles. The number of anilines is 1. The van der Waals surface area contributed by atoms with E-state index in [0.717, 1.165) is 26.1 Å². The first kappa shape index (κ1) is 13.9. The molecule has 1 fully saturated rings. The molecule has 0 bridgehead atoms. The van der Waals surface area contributed by atoms with E-state index in [1.165, 1.54) is 0 Å². The quantitative estimate of drug-likeness (QED) is 0.380. The first-order valence-corrected chi connectivity index (χ1v) is 6.46. The van der Waals surface area contributed by atoms with E-state index < -0.39 is 0 Å².